The van der Waals surface area contributed by atoms with Crippen molar-refractivity contribution in [1.82, 2.24) is 28.7 Å². The van der Waals surface area contributed by atoms with E-state index in [4.69, 9.17) is 43.4 Å². The molecular weight excluding hydrogens is 528 g/mol. The van der Waals surface area contributed by atoms with Crippen LogP contribution in [0.15, 0.2) is 23.4 Å². The Bertz CT molecular complexity index is 1410. The average molecular weight is 557 g/mol. The number of anilines is 2. The maximum Gasteiger partial charge on any atom is 0.282 e. The van der Waals surface area contributed by atoms with Crippen molar-refractivity contribution < 1.29 is 40.1 Å². The van der Waals surface area contributed by atoms with Gasteiger partial charge in [-0.2, -0.15) is 4.98 Å². The van der Waals surface area contributed by atoms with Crippen LogP contribution < -0.4 is 17.0 Å². The van der Waals surface area contributed by atoms with Crippen LogP contribution in [0.3, 0.4) is 0 Å². The maximum atomic E-state index is 12.0. The van der Waals surface area contributed by atoms with Crippen LogP contribution in [0, 0.1) is 4.77 Å². The van der Waals surface area contributed by atoms with E-state index in [0.717, 1.165) is 4.57 Å². The summed E-state index contributed by atoms with van der Waals surface area (Å²) in [5, 5.41) is 57.2. The monoisotopic (exact) mass is 556 g/mol. The van der Waals surface area contributed by atoms with Crippen molar-refractivity contribution in [1.29, 1.82) is 0 Å². The molecule has 3 aromatic rings. The lowest BCUT2D eigenvalue weighted by Gasteiger charge is -2.18. The molecule has 5 rings (SSSR count). The van der Waals surface area contributed by atoms with Gasteiger partial charge in [0.25, 0.3) is 5.56 Å². The number of rotatable bonds is 4. The minimum Gasteiger partial charge on any atom is -0.394 e. The molecular formula is C20H28N8O9S. The number of aliphatic hydroxyl groups excluding tert-OH is 6. The fourth-order valence-corrected chi connectivity index (χ4v) is 4.36. The summed E-state index contributed by atoms with van der Waals surface area (Å²) >= 11 is 4.98. The summed E-state index contributed by atoms with van der Waals surface area (Å²) < 4.78 is 14.7. The number of nitrogens with two attached hydrogens (primary N) is 2. The first kappa shape index (κ1) is 28.0. The van der Waals surface area contributed by atoms with Gasteiger partial charge in [-0.15, -0.1) is 0 Å². The summed E-state index contributed by atoms with van der Waals surface area (Å²) in [5.41, 5.74) is 10.9. The van der Waals surface area contributed by atoms with Crippen molar-refractivity contribution >= 4 is 35.1 Å². The van der Waals surface area contributed by atoms with Crippen LogP contribution >= 0.6 is 12.2 Å². The molecule has 5 heterocycles. The molecule has 10 N–H and O–H groups in total. The minimum atomic E-state index is -1.29. The number of imidazole rings is 1. The third-order valence-corrected chi connectivity index (χ3v) is 6.58. The fraction of sp³-hybridized carbons (Fsp3) is 0.550. The van der Waals surface area contributed by atoms with Crippen LogP contribution in [0.2, 0.25) is 0 Å². The molecule has 0 aliphatic carbocycles. The summed E-state index contributed by atoms with van der Waals surface area (Å²) in [5.74, 6) is 0.249. The predicted molar refractivity (Wildman–Crippen MR) is 131 cm³/mol. The van der Waals surface area contributed by atoms with E-state index in [1.165, 1.54) is 34.8 Å². The van der Waals surface area contributed by atoms with E-state index >= 15 is 0 Å². The van der Waals surface area contributed by atoms with E-state index in [9.17, 15) is 25.2 Å². The largest absolute Gasteiger partial charge is 0.394 e. The van der Waals surface area contributed by atoms with Gasteiger partial charge in [0.15, 0.2) is 23.6 Å². The summed E-state index contributed by atoms with van der Waals surface area (Å²) in [4.78, 5) is 23.9. The molecule has 0 aromatic carbocycles. The second-order valence-corrected chi connectivity index (χ2v) is 9.02. The molecule has 3 aromatic heterocycles. The molecule has 8 atom stereocenters. The molecule has 0 bridgehead atoms. The van der Waals surface area contributed by atoms with Crippen molar-refractivity contribution in [3.8, 4) is 0 Å². The highest BCUT2D eigenvalue weighted by atomic mass is 32.1. The Balaban J connectivity index is 0.000000181. The van der Waals surface area contributed by atoms with Crippen molar-refractivity contribution in [2.24, 2.45) is 7.05 Å². The number of hydrogen-bond donors (Lipinski definition) is 8. The minimum absolute atomic E-state index is 0.0130. The number of nitrogen functional groups attached to an aromatic ring is 2. The second-order valence-electron chi connectivity index (χ2n) is 8.66. The zero-order valence-electron chi connectivity index (χ0n) is 19.9. The van der Waals surface area contributed by atoms with E-state index in [1.807, 2.05) is 0 Å². The number of aromatic nitrogens is 6. The van der Waals surface area contributed by atoms with Crippen LogP contribution in [0.4, 0.5) is 11.8 Å². The van der Waals surface area contributed by atoms with Crippen molar-refractivity contribution in [2.45, 2.75) is 49.1 Å². The Kier molecular flexibility index (Phi) is 8.06. The first-order valence-electron chi connectivity index (χ1n) is 11.3. The smallest absolute Gasteiger partial charge is 0.282 e. The number of ether oxygens (including phenoxy) is 2. The van der Waals surface area contributed by atoms with Gasteiger partial charge >= 0.3 is 0 Å². The summed E-state index contributed by atoms with van der Waals surface area (Å²) in [7, 11) is 1.47. The lowest BCUT2D eigenvalue weighted by atomic mass is 10.1. The summed E-state index contributed by atoms with van der Waals surface area (Å²) in [6.07, 6.45) is -5.73. The molecule has 2 fully saturated rings. The van der Waals surface area contributed by atoms with Gasteiger partial charge in [-0.05, 0) is 18.3 Å². The third kappa shape index (κ3) is 4.88. The number of aliphatic hydroxyl groups is 6. The average Bonchev–Trinajstić information content (AvgIpc) is 3.52. The Hall–Kier alpha value is -3.07. The van der Waals surface area contributed by atoms with E-state index in [-0.39, 0.29) is 34.3 Å². The molecule has 0 spiro atoms. The summed E-state index contributed by atoms with van der Waals surface area (Å²) in [6, 6.07) is 1.50. The van der Waals surface area contributed by atoms with Crippen LogP contribution in [0.1, 0.15) is 12.5 Å². The summed E-state index contributed by atoms with van der Waals surface area (Å²) in [6.45, 7) is -0.830. The molecule has 17 nitrogen and oxygen atoms in total. The number of fused-ring (bicyclic) bond motifs is 1. The highest BCUT2D eigenvalue weighted by Crippen LogP contribution is 2.31. The molecule has 2 aliphatic rings. The molecule has 38 heavy (non-hydrogen) atoms. The second kappa shape index (κ2) is 11.0. The molecule has 18 heteroatoms. The van der Waals surface area contributed by atoms with Gasteiger partial charge in [-0.1, -0.05) is 0 Å². The SMILES string of the molecule is Cn1c(N)nc2c(ncn2[C@@H]2O[C@H](CO)[C@@H](O)[C@H]2O)c1=O.Nc1ccn([C@@H]2O[C@H](CO)[C@@H](O)[C@H]2O)c(=S)n1. The van der Waals surface area contributed by atoms with E-state index in [1.54, 1.807) is 0 Å². The first-order valence-corrected chi connectivity index (χ1v) is 11.7. The molecule has 0 radical (unpaired) electrons. The van der Waals surface area contributed by atoms with Crippen LogP contribution in [-0.2, 0) is 16.5 Å². The number of hydrogen-bond acceptors (Lipinski definition) is 15. The third-order valence-electron chi connectivity index (χ3n) is 6.27. The lowest BCUT2D eigenvalue weighted by Crippen LogP contribution is -2.33. The van der Waals surface area contributed by atoms with E-state index in [2.05, 4.69) is 15.0 Å². The normalized spacial score (nSPS) is 30.9. The van der Waals surface area contributed by atoms with Gasteiger partial charge in [-0.3, -0.25) is 18.5 Å². The van der Waals surface area contributed by atoms with Crippen molar-refractivity contribution in [2.75, 3.05) is 24.7 Å². The molecule has 2 aliphatic heterocycles. The topological polar surface area (TPSA) is 262 Å². The molecule has 0 unspecified atom stereocenters. The van der Waals surface area contributed by atoms with Crippen LogP contribution in [-0.4, -0.2) is 109 Å². The quantitative estimate of drug-likeness (QED) is 0.143. The van der Waals surface area contributed by atoms with Crippen molar-refractivity contribution in [3.05, 3.63) is 33.7 Å². The highest BCUT2D eigenvalue weighted by molar-refractivity contribution is 7.71. The first-order chi connectivity index (χ1) is 18.0. The van der Waals surface area contributed by atoms with Gasteiger partial charge in [0.05, 0.1) is 19.5 Å². The Morgan fingerprint density at radius 2 is 1.50 bits per heavy atom. The highest BCUT2D eigenvalue weighted by Gasteiger charge is 2.44. The molecule has 0 amide bonds. The Morgan fingerprint density at radius 3 is 2.00 bits per heavy atom. The van der Waals surface area contributed by atoms with Crippen molar-refractivity contribution in [3.63, 3.8) is 0 Å². The van der Waals surface area contributed by atoms with Gasteiger partial charge in [0, 0.05) is 13.2 Å². The fourth-order valence-electron chi connectivity index (χ4n) is 4.09. The van der Waals surface area contributed by atoms with Gasteiger partial charge in [0.2, 0.25) is 10.7 Å². The molecule has 0 saturated carbocycles. The zero-order valence-corrected chi connectivity index (χ0v) is 20.7. The van der Waals surface area contributed by atoms with E-state index < -0.39 is 61.2 Å². The van der Waals surface area contributed by atoms with Gasteiger partial charge < -0.3 is 51.6 Å². The Labute approximate surface area is 218 Å². The zero-order chi connectivity index (χ0) is 27.9. The standard InChI is InChI=1S/C11H15N5O5.C9H13N3O4S/c1-15-9(20)5-8(14-11(15)12)16(3-13-5)10-7(19)6(18)4(2-17)21-10;10-5-1-2-12(9(17)11-5)8-7(15)6(14)4(3-13)16-8/h3-4,6-7,10,17-19H,2H2,1H3,(H2,12,14);1-2,4,6-8,13-15H,3H2,(H2,10,11,17)/t4-,6-,7-,10-;4-,6-,7-,8-/m11/s1. The van der Waals surface area contributed by atoms with Gasteiger partial charge in [0.1, 0.15) is 42.4 Å². The van der Waals surface area contributed by atoms with Crippen LogP contribution in [0.5, 0.6) is 0 Å². The number of nitrogens with zero attached hydrogens (tertiary/aromatic N) is 6. The van der Waals surface area contributed by atoms with Crippen LogP contribution in [0.25, 0.3) is 11.2 Å². The lowest BCUT2D eigenvalue weighted by molar-refractivity contribution is -0.0540. The maximum absolute atomic E-state index is 12.0. The molecule has 208 valence electrons. The van der Waals surface area contributed by atoms with E-state index in [0.29, 0.717) is 0 Å². The Morgan fingerprint density at radius 1 is 0.947 bits per heavy atom. The van der Waals surface area contributed by atoms with Gasteiger partial charge in [-0.25, -0.2) is 9.97 Å². The molecule has 2 saturated heterocycles. The predicted octanol–water partition coefficient (Wildman–Crippen LogP) is -3.87.